The minimum atomic E-state index is -0.0620. The molecular formula is C51H37NO. The molecule has 0 saturated heterocycles. The van der Waals surface area contributed by atoms with Crippen molar-refractivity contribution in [3.05, 3.63) is 206 Å². The summed E-state index contributed by atoms with van der Waals surface area (Å²) in [6.07, 6.45) is 16.1. The Bertz CT molecular complexity index is 2810. The summed E-state index contributed by atoms with van der Waals surface area (Å²) in [6, 6.07) is 56.7. The van der Waals surface area contributed by atoms with Gasteiger partial charge in [-0.1, -0.05) is 165 Å². The van der Waals surface area contributed by atoms with Gasteiger partial charge in [0, 0.05) is 39.1 Å². The third-order valence-electron chi connectivity index (χ3n) is 11.1. The van der Waals surface area contributed by atoms with Crippen molar-refractivity contribution in [2.75, 3.05) is 4.90 Å². The van der Waals surface area contributed by atoms with Crippen LogP contribution in [0.15, 0.2) is 210 Å². The number of furan rings is 1. The fourth-order valence-electron chi connectivity index (χ4n) is 8.30. The van der Waals surface area contributed by atoms with E-state index < -0.39 is 0 Å². The van der Waals surface area contributed by atoms with E-state index in [9.17, 15) is 0 Å². The third kappa shape index (κ3) is 5.34. The average molecular weight is 680 g/mol. The monoisotopic (exact) mass is 679 g/mol. The second kappa shape index (κ2) is 12.5. The summed E-state index contributed by atoms with van der Waals surface area (Å²) in [5.41, 5.74) is 12.2. The minimum absolute atomic E-state index is 0.0620. The van der Waals surface area contributed by atoms with Gasteiger partial charge >= 0.3 is 0 Å². The lowest BCUT2D eigenvalue weighted by molar-refractivity contribution is 0.449. The molecule has 0 radical (unpaired) electrons. The van der Waals surface area contributed by atoms with Gasteiger partial charge in [-0.25, -0.2) is 0 Å². The zero-order valence-corrected chi connectivity index (χ0v) is 29.5. The predicted molar refractivity (Wildman–Crippen MR) is 223 cm³/mol. The van der Waals surface area contributed by atoms with E-state index in [0.717, 1.165) is 50.1 Å². The van der Waals surface area contributed by atoms with Crippen LogP contribution in [0.4, 0.5) is 11.4 Å². The molecule has 2 unspecified atom stereocenters. The molecule has 10 rings (SSSR count). The van der Waals surface area contributed by atoms with E-state index in [4.69, 9.17) is 4.42 Å². The highest BCUT2D eigenvalue weighted by Gasteiger charge is 2.32. The van der Waals surface area contributed by atoms with Crippen molar-refractivity contribution in [1.82, 2.24) is 0 Å². The molecule has 53 heavy (non-hydrogen) atoms. The fraction of sp³-hybridized carbons (Fsp3) is 0.0588. The van der Waals surface area contributed by atoms with Crippen molar-refractivity contribution in [3.63, 3.8) is 0 Å². The summed E-state index contributed by atoms with van der Waals surface area (Å²) in [5, 5.41) is 4.75. The molecule has 2 aliphatic rings. The molecule has 2 nitrogen and oxygen atoms in total. The Morgan fingerprint density at radius 1 is 0.547 bits per heavy atom. The smallest absolute Gasteiger partial charge is 0.136 e. The van der Waals surface area contributed by atoms with Crippen molar-refractivity contribution in [2.24, 2.45) is 11.3 Å². The molecule has 0 aliphatic heterocycles. The molecular weight excluding hydrogens is 643 g/mol. The van der Waals surface area contributed by atoms with Crippen LogP contribution in [0.1, 0.15) is 6.92 Å². The number of benzene rings is 7. The molecule has 8 aromatic rings. The molecule has 1 heterocycles. The Balaban J connectivity index is 1.17. The van der Waals surface area contributed by atoms with Crippen molar-refractivity contribution >= 4 is 44.1 Å². The van der Waals surface area contributed by atoms with E-state index in [0.29, 0.717) is 0 Å². The first kappa shape index (κ1) is 31.1. The van der Waals surface area contributed by atoms with E-state index in [2.05, 4.69) is 200 Å². The van der Waals surface area contributed by atoms with Crippen molar-refractivity contribution in [1.29, 1.82) is 0 Å². The molecule has 7 aromatic carbocycles. The van der Waals surface area contributed by atoms with Gasteiger partial charge in [0.2, 0.25) is 0 Å². The van der Waals surface area contributed by atoms with Crippen LogP contribution in [0.5, 0.6) is 0 Å². The van der Waals surface area contributed by atoms with Crippen LogP contribution in [-0.2, 0) is 0 Å². The Labute approximate surface area is 310 Å². The van der Waals surface area contributed by atoms with Crippen LogP contribution in [0.25, 0.3) is 66.1 Å². The van der Waals surface area contributed by atoms with Gasteiger partial charge in [-0.15, -0.1) is 0 Å². The van der Waals surface area contributed by atoms with Gasteiger partial charge in [0.25, 0.3) is 0 Å². The van der Waals surface area contributed by atoms with Crippen LogP contribution in [0.3, 0.4) is 0 Å². The van der Waals surface area contributed by atoms with Crippen LogP contribution in [0.2, 0.25) is 0 Å². The number of para-hydroxylation sites is 2. The molecule has 0 saturated carbocycles. The van der Waals surface area contributed by atoms with E-state index in [1.165, 1.54) is 33.0 Å². The number of nitrogens with zero attached hydrogens (tertiary/aromatic N) is 1. The Kier molecular flexibility index (Phi) is 7.37. The molecule has 252 valence electrons. The molecule has 2 aliphatic carbocycles. The lowest BCUT2D eigenvalue weighted by Crippen LogP contribution is -2.28. The maximum absolute atomic E-state index is 6.32. The van der Waals surface area contributed by atoms with Crippen LogP contribution in [-0.4, -0.2) is 0 Å². The van der Waals surface area contributed by atoms with Gasteiger partial charge in [-0.2, -0.15) is 0 Å². The zero-order valence-electron chi connectivity index (χ0n) is 29.5. The molecule has 2 heteroatoms. The highest BCUT2D eigenvalue weighted by molar-refractivity contribution is 6.09. The second-order valence-electron chi connectivity index (χ2n) is 14.3. The van der Waals surface area contributed by atoms with Crippen molar-refractivity contribution < 1.29 is 4.42 Å². The largest absolute Gasteiger partial charge is 0.456 e. The maximum atomic E-state index is 6.32. The maximum Gasteiger partial charge on any atom is 0.136 e. The Morgan fingerprint density at radius 2 is 1.26 bits per heavy atom. The Morgan fingerprint density at radius 3 is 2.17 bits per heavy atom. The Hall–Kier alpha value is -6.64. The molecule has 0 N–H and O–H groups in total. The lowest BCUT2D eigenvalue weighted by atomic mass is 9.71. The molecule has 1 aromatic heterocycles. The summed E-state index contributed by atoms with van der Waals surface area (Å²) in [6.45, 7) is 2.32. The first-order valence-corrected chi connectivity index (χ1v) is 18.4. The summed E-state index contributed by atoms with van der Waals surface area (Å²) in [7, 11) is 0. The van der Waals surface area contributed by atoms with Crippen LogP contribution in [0, 0.1) is 11.3 Å². The summed E-state index contributed by atoms with van der Waals surface area (Å²) < 4.78 is 6.32. The quantitative estimate of drug-likeness (QED) is 0.174. The van der Waals surface area contributed by atoms with Gasteiger partial charge in [0.05, 0.1) is 5.69 Å². The second-order valence-corrected chi connectivity index (χ2v) is 14.3. The van der Waals surface area contributed by atoms with E-state index in [-0.39, 0.29) is 11.3 Å². The number of anilines is 2. The molecule has 0 spiro atoms. The predicted octanol–water partition coefficient (Wildman–Crippen LogP) is 14.1. The summed E-state index contributed by atoms with van der Waals surface area (Å²) in [4.78, 5) is 2.45. The average Bonchev–Trinajstić information content (AvgIpc) is 3.59. The van der Waals surface area contributed by atoms with Crippen molar-refractivity contribution in [2.45, 2.75) is 6.92 Å². The number of hydrogen-bond donors (Lipinski definition) is 0. The highest BCUT2D eigenvalue weighted by atomic mass is 16.3. The first-order chi connectivity index (χ1) is 26.1. The SMILES string of the molecule is CC12C=CC=CC1C=C(N(c1cccc(-c3ccc4c(c3)oc3ccccc34)c1)c1ccccc1-c1cccc3cccc(-c4ccccc4)c13)C=C2. The number of hydrogen-bond acceptors (Lipinski definition) is 2. The number of allylic oxidation sites excluding steroid dienone is 7. The third-order valence-corrected chi connectivity index (χ3v) is 11.1. The van der Waals surface area contributed by atoms with Gasteiger partial charge < -0.3 is 9.32 Å². The zero-order chi connectivity index (χ0) is 35.4. The fourth-order valence-corrected chi connectivity index (χ4v) is 8.30. The van der Waals surface area contributed by atoms with E-state index >= 15 is 0 Å². The van der Waals surface area contributed by atoms with Gasteiger partial charge in [0.1, 0.15) is 11.2 Å². The molecule has 0 bridgehead atoms. The molecule has 0 amide bonds. The molecule has 2 atom stereocenters. The van der Waals surface area contributed by atoms with Gasteiger partial charge in [-0.3, -0.25) is 0 Å². The van der Waals surface area contributed by atoms with Crippen molar-refractivity contribution in [3.8, 4) is 33.4 Å². The number of fused-ring (bicyclic) bond motifs is 5. The topological polar surface area (TPSA) is 16.4 Å². The minimum Gasteiger partial charge on any atom is -0.456 e. The van der Waals surface area contributed by atoms with Gasteiger partial charge in [-0.05, 0) is 81.1 Å². The molecule has 0 fully saturated rings. The summed E-state index contributed by atoms with van der Waals surface area (Å²) in [5.74, 6) is 0.239. The normalized spacial score (nSPS) is 17.7. The number of rotatable bonds is 6. The van der Waals surface area contributed by atoms with Crippen LogP contribution < -0.4 is 4.90 Å². The summed E-state index contributed by atoms with van der Waals surface area (Å²) >= 11 is 0. The first-order valence-electron chi connectivity index (χ1n) is 18.4. The van der Waals surface area contributed by atoms with E-state index in [1.54, 1.807) is 0 Å². The lowest BCUT2D eigenvalue weighted by Gasteiger charge is -2.37. The van der Waals surface area contributed by atoms with Crippen LogP contribution >= 0.6 is 0 Å². The van der Waals surface area contributed by atoms with E-state index in [1.807, 2.05) is 12.1 Å². The highest BCUT2D eigenvalue weighted by Crippen LogP contribution is 2.47. The van der Waals surface area contributed by atoms with Gasteiger partial charge in [0.15, 0.2) is 0 Å². The standard InChI is InChI=1S/C51H37NO/c1-51-30-10-9-19-39(51)34-41(29-31-51)52(40-20-11-18-37(32-40)38-27-28-45-44-22-6-8-26-48(44)53-49(45)33-38)47-25-7-5-21-43(47)46-24-13-17-36-16-12-23-42(50(36)46)35-14-3-2-4-15-35/h2-34,39H,1H3.